The van der Waals surface area contributed by atoms with Crippen molar-refractivity contribution >= 4 is 0 Å². The van der Waals surface area contributed by atoms with E-state index < -0.39 is 0 Å². The number of hydrazine groups is 1. The van der Waals surface area contributed by atoms with Gasteiger partial charge in [0.25, 0.3) is 0 Å². The van der Waals surface area contributed by atoms with Crippen LogP contribution in [0.4, 0.5) is 0 Å². The van der Waals surface area contributed by atoms with Crippen LogP contribution >= 0.6 is 0 Å². The Hall–Kier alpha value is -1.10. The second kappa shape index (κ2) is 8.37. The van der Waals surface area contributed by atoms with Gasteiger partial charge < -0.3 is 9.84 Å². The van der Waals surface area contributed by atoms with Crippen molar-refractivity contribution in [3.8, 4) is 5.75 Å². The molecule has 3 N–H and O–H groups in total. The van der Waals surface area contributed by atoms with Crippen LogP contribution in [0.2, 0.25) is 0 Å². The lowest BCUT2D eigenvalue weighted by molar-refractivity contribution is 0.202. The maximum absolute atomic E-state index is 9.61. The van der Waals surface area contributed by atoms with Crippen molar-refractivity contribution in [2.45, 2.75) is 51.6 Å². The van der Waals surface area contributed by atoms with Gasteiger partial charge in [-0.25, -0.2) is 5.43 Å². The zero-order chi connectivity index (χ0) is 15.1. The van der Waals surface area contributed by atoms with Crippen molar-refractivity contribution in [3.05, 3.63) is 29.8 Å². The number of unbranched alkanes of at least 4 members (excludes halogenated alkanes) is 3. The standard InChI is InChI=1S/C17H28N2O2/c1-3-4-5-8-11-21-16-10-7-6-9-14(16)17-15(12-20)13(2)18-19-17/h6-7,9-10,13,15,17-20H,3-5,8,11-12H2,1-2H3. The van der Waals surface area contributed by atoms with E-state index in [1.54, 1.807) is 0 Å². The summed E-state index contributed by atoms with van der Waals surface area (Å²) in [6, 6.07) is 8.48. The third-order valence-corrected chi connectivity index (χ3v) is 4.26. The first-order valence-electron chi connectivity index (χ1n) is 8.11. The van der Waals surface area contributed by atoms with E-state index in [9.17, 15) is 5.11 Å². The van der Waals surface area contributed by atoms with E-state index >= 15 is 0 Å². The highest BCUT2D eigenvalue weighted by molar-refractivity contribution is 5.37. The highest BCUT2D eigenvalue weighted by Crippen LogP contribution is 2.34. The maximum Gasteiger partial charge on any atom is 0.124 e. The molecule has 4 nitrogen and oxygen atoms in total. The summed E-state index contributed by atoms with van der Waals surface area (Å²) in [6.45, 7) is 5.22. The van der Waals surface area contributed by atoms with Gasteiger partial charge in [0, 0.05) is 24.1 Å². The first-order valence-corrected chi connectivity index (χ1v) is 8.11. The molecule has 1 saturated heterocycles. The third-order valence-electron chi connectivity index (χ3n) is 4.26. The number of benzene rings is 1. The summed E-state index contributed by atoms with van der Waals surface area (Å²) >= 11 is 0. The molecule has 0 radical (unpaired) electrons. The number of hydrogen-bond donors (Lipinski definition) is 3. The topological polar surface area (TPSA) is 53.5 Å². The van der Waals surface area contributed by atoms with Gasteiger partial charge in [-0.05, 0) is 19.4 Å². The minimum absolute atomic E-state index is 0.0943. The van der Waals surface area contributed by atoms with Crippen LogP contribution in [0.3, 0.4) is 0 Å². The van der Waals surface area contributed by atoms with E-state index in [1.807, 2.05) is 18.2 Å². The Labute approximate surface area is 127 Å². The van der Waals surface area contributed by atoms with Gasteiger partial charge in [0.15, 0.2) is 0 Å². The molecule has 0 spiro atoms. The summed E-state index contributed by atoms with van der Waals surface area (Å²) in [5.41, 5.74) is 7.63. The molecule has 3 atom stereocenters. The van der Waals surface area contributed by atoms with Gasteiger partial charge in [-0.15, -0.1) is 0 Å². The second-order valence-corrected chi connectivity index (χ2v) is 5.85. The second-order valence-electron chi connectivity index (χ2n) is 5.85. The van der Waals surface area contributed by atoms with Gasteiger partial charge in [-0.2, -0.15) is 0 Å². The van der Waals surface area contributed by atoms with Crippen LogP contribution in [0.15, 0.2) is 24.3 Å². The van der Waals surface area contributed by atoms with Crippen LogP contribution in [0.5, 0.6) is 5.75 Å². The predicted octanol–water partition coefficient (Wildman–Crippen LogP) is 2.79. The van der Waals surface area contributed by atoms with Crippen molar-refractivity contribution in [3.63, 3.8) is 0 Å². The molecule has 1 fully saturated rings. The van der Waals surface area contributed by atoms with E-state index in [1.165, 1.54) is 19.3 Å². The van der Waals surface area contributed by atoms with Gasteiger partial charge >= 0.3 is 0 Å². The Bertz CT molecular complexity index is 425. The molecule has 0 saturated carbocycles. The molecule has 0 aromatic heterocycles. The first kappa shape index (κ1) is 16.3. The smallest absolute Gasteiger partial charge is 0.124 e. The van der Waals surface area contributed by atoms with E-state index in [2.05, 4.69) is 30.8 Å². The van der Waals surface area contributed by atoms with Crippen molar-refractivity contribution in [1.29, 1.82) is 0 Å². The summed E-state index contributed by atoms with van der Waals surface area (Å²) in [5.74, 6) is 1.09. The monoisotopic (exact) mass is 292 g/mol. The number of para-hydroxylation sites is 1. The van der Waals surface area contributed by atoms with Gasteiger partial charge in [0.1, 0.15) is 5.75 Å². The van der Waals surface area contributed by atoms with Crippen LogP contribution in [0, 0.1) is 5.92 Å². The van der Waals surface area contributed by atoms with E-state index in [0.29, 0.717) is 0 Å². The Morgan fingerprint density at radius 3 is 2.71 bits per heavy atom. The average Bonchev–Trinajstić information content (AvgIpc) is 2.88. The van der Waals surface area contributed by atoms with Crippen LogP contribution in [-0.2, 0) is 0 Å². The molecule has 0 amide bonds. The fourth-order valence-electron chi connectivity index (χ4n) is 2.88. The lowest BCUT2D eigenvalue weighted by Gasteiger charge is -2.21. The van der Waals surface area contributed by atoms with Crippen molar-refractivity contribution in [2.75, 3.05) is 13.2 Å². The number of ether oxygens (including phenoxy) is 1. The summed E-state index contributed by atoms with van der Waals surface area (Å²) < 4.78 is 5.97. The Morgan fingerprint density at radius 2 is 1.95 bits per heavy atom. The van der Waals surface area contributed by atoms with Gasteiger partial charge in [0.2, 0.25) is 0 Å². The van der Waals surface area contributed by atoms with Crippen LogP contribution in [0.1, 0.15) is 51.1 Å². The predicted molar refractivity (Wildman–Crippen MR) is 85.1 cm³/mol. The highest BCUT2D eigenvalue weighted by atomic mass is 16.5. The molecule has 1 aliphatic rings. The lowest BCUT2D eigenvalue weighted by atomic mass is 9.90. The molecular formula is C17H28N2O2. The molecule has 4 heteroatoms. The van der Waals surface area contributed by atoms with Crippen molar-refractivity contribution in [2.24, 2.45) is 5.92 Å². The SMILES string of the molecule is CCCCCCOc1ccccc1C1NNC(C)C1CO. The zero-order valence-corrected chi connectivity index (χ0v) is 13.1. The largest absolute Gasteiger partial charge is 0.493 e. The summed E-state index contributed by atoms with van der Waals surface area (Å²) in [7, 11) is 0. The molecule has 118 valence electrons. The molecule has 1 aromatic carbocycles. The number of rotatable bonds is 8. The molecule has 1 aliphatic heterocycles. The molecular weight excluding hydrogens is 264 g/mol. The Kier molecular flexibility index (Phi) is 6.49. The molecule has 0 bridgehead atoms. The Balaban J connectivity index is 1.99. The molecule has 1 heterocycles. The lowest BCUT2D eigenvalue weighted by Crippen LogP contribution is -2.29. The third kappa shape index (κ3) is 4.19. The maximum atomic E-state index is 9.61. The van der Waals surface area contributed by atoms with Gasteiger partial charge in [0.05, 0.1) is 12.6 Å². The summed E-state index contributed by atoms with van der Waals surface area (Å²) in [5, 5.41) is 9.61. The molecule has 21 heavy (non-hydrogen) atoms. The van der Waals surface area contributed by atoms with Gasteiger partial charge in [-0.3, -0.25) is 5.43 Å². The molecule has 1 aromatic rings. The first-order chi connectivity index (χ1) is 10.3. The number of hydrogen-bond acceptors (Lipinski definition) is 4. The van der Waals surface area contributed by atoms with Crippen LogP contribution < -0.4 is 15.6 Å². The quantitative estimate of drug-likeness (QED) is 0.645. The summed E-state index contributed by atoms with van der Waals surface area (Å²) in [6.07, 6.45) is 4.82. The van der Waals surface area contributed by atoms with E-state index in [0.717, 1.165) is 24.3 Å². The van der Waals surface area contributed by atoms with Crippen LogP contribution in [-0.4, -0.2) is 24.4 Å². The molecule has 2 rings (SSSR count). The number of nitrogens with one attached hydrogen (secondary N) is 2. The zero-order valence-electron chi connectivity index (χ0n) is 13.1. The fraction of sp³-hybridized carbons (Fsp3) is 0.647. The highest BCUT2D eigenvalue weighted by Gasteiger charge is 2.34. The van der Waals surface area contributed by atoms with E-state index in [-0.39, 0.29) is 24.6 Å². The Morgan fingerprint density at radius 1 is 1.14 bits per heavy atom. The summed E-state index contributed by atoms with van der Waals surface area (Å²) in [4.78, 5) is 0. The molecule has 3 unspecified atom stereocenters. The number of aliphatic hydroxyl groups is 1. The number of aliphatic hydroxyl groups excluding tert-OH is 1. The van der Waals surface area contributed by atoms with E-state index in [4.69, 9.17) is 4.74 Å². The minimum atomic E-state index is 0.0943. The van der Waals surface area contributed by atoms with Crippen molar-refractivity contribution < 1.29 is 9.84 Å². The van der Waals surface area contributed by atoms with Crippen molar-refractivity contribution in [1.82, 2.24) is 10.9 Å². The fourth-order valence-corrected chi connectivity index (χ4v) is 2.88. The normalized spacial score (nSPS) is 25.2. The average molecular weight is 292 g/mol. The van der Waals surface area contributed by atoms with Crippen LogP contribution in [0.25, 0.3) is 0 Å². The van der Waals surface area contributed by atoms with Gasteiger partial charge in [-0.1, -0.05) is 44.4 Å². The molecule has 0 aliphatic carbocycles. The minimum Gasteiger partial charge on any atom is -0.493 e.